The van der Waals surface area contributed by atoms with E-state index in [0.29, 0.717) is 26.4 Å². The van der Waals surface area contributed by atoms with Crippen LogP contribution < -0.4 is 5.32 Å². The van der Waals surface area contributed by atoms with Crippen LogP contribution in [0.15, 0.2) is 12.1 Å². The van der Waals surface area contributed by atoms with Crippen molar-refractivity contribution in [1.82, 2.24) is 0 Å². The van der Waals surface area contributed by atoms with Crippen molar-refractivity contribution in [3.8, 4) is 0 Å². The number of esters is 1. The third kappa shape index (κ3) is 2.91. The zero-order valence-corrected chi connectivity index (χ0v) is 14.3. The first-order valence-corrected chi connectivity index (χ1v) is 8.99. The third-order valence-corrected chi connectivity index (χ3v) is 5.86. The summed E-state index contributed by atoms with van der Waals surface area (Å²) in [7, 11) is 0. The third-order valence-electron chi connectivity index (χ3n) is 3.42. The zero-order chi connectivity index (χ0) is 15.7. The van der Waals surface area contributed by atoms with Crippen molar-refractivity contribution in [3.63, 3.8) is 0 Å². The SMILES string of the molecule is CCOC(=O)c1c(NC(=O)c2ccc(Cl)s2)sc2c1CCC2. The Kier molecular flexibility index (Phi) is 4.52. The molecule has 0 saturated heterocycles. The summed E-state index contributed by atoms with van der Waals surface area (Å²) in [5, 5.41) is 3.42. The number of fused-ring (bicyclic) bond motifs is 1. The van der Waals surface area contributed by atoms with Gasteiger partial charge in [0.1, 0.15) is 5.00 Å². The van der Waals surface area contributed by atoms with Gasteiger partial charge in [-0.1, -0.05) is 11.6 Å². The molecule has 3 rings (SSSR count). The Morgan fingerprint density at radius 2 is 2.14 bits per heavy atom. The van der Waals surface area contributed by atoms with E-state index in [1.54, 1.807) is 19.1 Å². The Bertz CT molecular complexity index is 735. The molecule has 2 aromatic rings. The van der Waals surface area contributed by atoms with Crippen LogP contribution in [-0.2, 0) is 17.6 Å². The van der Waals surface area contributed by atoms with Gasteiger partial charge in [0.25, 0.3) is 5.91 Å². The van der Waals surface area contributed by atoms with Crippen molar-refractivity contribution in [3.05, 3.63) is 37.4 Å². The van der Waals surface area contributed by atoms with E-state index in [4.69, 9.17) is 16.3 Å². The summed E-state index contributed by atoms with van der Waals surface area (Å²) in [5.74, 6) is -0.608. The molecule has 0 radical (unpaired) electrons. The number of carbonyl (C=O) groups is 2. The van der Waals surface area contributed by atoms with Gasteiger partial charge in [0.2, 0.25) is 0 Å². The van der Waals surface area contributed by atoms with Gasteiger partial charge < -0.3 is 10.1 Å². The molecular formula is C15H14ClNO3S2. The first-order chi connectivity index (χ1) is 10.6. The average Bonchev–Trinajstić information content (AvgIpc) is 3.14. The summed E-state index contributed by atoms with van der Waals surface area (Å²) in [6.07, 6.45) is 2.86. The predicted octanol–water partition coefficient (Wildman–Crippen LogP) is 4.38. The highest BCUT2D eigenvalue weighted by Gasteiger charge is 2.28. The number of amides is 1. The summed E-state index contributed by atoms with van der Waals surface area (Å²) in [4.78, 5) is 26.2. The van der Waals surface area contributed by atoms with Crippen LogP contribution in [0, 0.1) is 0 Å². The lowest BCUT2D eigenvalue weighted by Crippen LogP contribution is -2.14. The van der Waals surface area contributed by atoms with Gasteiger partial charge in [-0.3, -0.25) is 4.79 Å². The van der Waals surface area contributed by atoms with Gasteiger partial charge in [-0.05, 0) is 43.9 Å². The Morgan fingerprint density at radius 3 is 2.82 bits per heavy atom. The van der Waals surface area contributed by atoms with Gasteiger partial charge in [0, 0.05) is 4.88 Å². The van der Waals surface area contributed by atoms with Crippen molar-refractivity contribution in [2.75, 3.05) is 11.9 Å². The molecule has 1 aliphatic carbocycles. The summed E-state index contributed by atoms with van der Waals surface area (Å²) >= 11 is 8.54. The Morgan fingerprint density at radius 1 is 1.32 bits per heavy atom. The Balaban J connectivity index is 1.90. The second kappa shape index (κ2) is 6.40. The van der Waals surface area contributed by atoms with Crippen molar-refractivity contribution in [1.29, 1.82) is 0 Å². The molecule has 0 unspecified atom stereocenters. The highest BCUT2D eigenvalue weighted by Crippen LogP contribution is 2.40. The minimum atomic E-state index is -0.360. The van der Waals surface area contributed by atoms with Gasteiger partial charge in [-0.25, -0.2) is 4.79 Å². The molecule has 0 aromatic carbocycles. The first kappa shape index (κ1) is 15.5. The predicted molar refractivity (Wildman–Crippen MR) is 89.6 cm³/mol. The molecule has 0 atom stereocenters. The molecule has 2 aromatic heterocycles. The van der Waals surface area contributed by atoms with Crippen LogP contribution in [0.2, 0.25) is 4.34 Å². The molecule has 2 heterocycles. The standard InChI is InChI=1S/C15H14ClNO3S2/c1-2-20-15(19)12-8-4-3-5-9(8)22-14(12)17-13(18)10-6-7-11(16)21-10/h6-7H,2-5H2,1H3,(H,17,18). The quantitative estimate of drug-likeness (QED) is 0.828. The molecule has 0 saturated carbocycles. The van der Waals surface area contributed by atoms with E-state index in [1.807, 2.05) is 0 Å². The topological polar surface area (TPSA) is 55.4 Å². The number of nitrogens with one attached hydrogen (secondary N) is 1. The van der Waals surface area contributed by atoms with Crippen LogP contribution in [0.5, 0.6) is 0 Å². The van der Waals surface area contributed by atoms with Crippen LogP contribution >= 0.6 is 34.3 Å². The second-order valence-corrected chi connectivity index (χ2v) is 7.66. The zero-order valence-electron chi connectivity index (χ0n) is 11.9. The molecular weight excluding hydrogens is 342 g/mol. The lowest BCUT2D eigenvalue weighted by molar-refractivity contribution is 0.0527. The highest BCUT2D eigenvalue weighted by atomic mass is 35.5. The van der Waals surface area contributed by atoms with E-state index < -0.39 is 0 Å². The molecule has 1 N–H and O–H groups in total. The summed E-state index contributed by atoms with van der Waals surface area (Å²) in [5.41, 5.74) is 1.55. The van der Waals surface area contributed by atoms with Crippen LogP contribution in [-0.4, -0.2) is 18.5 Å². The minimum Gasteiger partial charge on any atom is -0.462 e. The van der Waals surface area contributed by atoms with E-state index in [-0.39, 0.29) is 11.9 Å². The van der Waals surface area contributed by atoms with Crippen molar-refractivity contribution >= 4 is 51.2 Å². The fourth-order valence-electron chi connectivity index (χ4n) is 2.51. The minimum absolute atomic E-state index is 0.248. The number of rotatable bonds is 4. The Hall–Kier alpha value is -1.37. The second-order valence-electron chi connectivity index (χ2n) is 4.84. The van der Waals surface area contributed by atoms with Crippen LogP contribution in [0.1, 0.15) is 43.8 Å². The number of halogens is 1. The molecule has 0 aliphatic heterocycles. The highest BCUT2D eigenvalue weighted by molar-refractivity contribution is 7.18. The lowest BCUT2D eigenvalue weighted by Gasteiger charge is -2.07. The molecule has 22 heavy (non-hydrogen) atoms. The van der Waals surface area contributed by atoms with Gasteiger partial charge in [0.15, 0.2) is 0 Å². The van der Waals surface area contributed by atoms with E-state index >= 15 is 0 Å². The Labute approximate surface area is 141 Å². The van der Waals surface area contributed by atoms with E-state index in [9.17, 15) is 9.59 Å². The molecule has 7 heteroatoms. The van der Waals surface area contributed by atoms with Gasteiger partial charge in [-0.15, -0.1) is 22.7 Å². The smallest absolute Gasteiger partial charge is 0.341 e. The van der Waals surface area contributed by atoms with Gasteiger partial charge >= 0.3 is 5.97 Å². The fraction of sp³-hybridized carbons (Fsp3) is 0.333. The lowest BCUT2D eigenvalue weighted by atomic mass is 10.1. The number of hydrogen-bond donors (Lipinski definition) is 1. The average molecular weight is 356 g/mol. The molecule has 116 valence electrons. The number of hydrogen-bond acceptors (Lipinski definition) is 5. The van der Waals surface area contributed by atoms with Crippen LogP contribution in [0.3, 0.4) is 0 Å². The van der Waals surface area contributed by atoms with Gasteiger partial charge in [-0.2, -0.15) is 0 Å². The van der Waals surface area contributed by atoms with Crippen molar-refractivity contribution in [2.45, 2.75) is 26.2 Å². The number of carbonyl (C=O) groups excluding carboxylic acids is 2. The summed E-state index contributed by atoms with van der Waals surface area (Å²) < 4.78 is 5.70. The molecule has 0 spiro atoms. The normalized spacial score (nSPS) is 13.0. The molecule has 1 amide bonds. The number of ether oxygens (including phenoxy) is 1. The monoisotopic (exact) mass is 355 g/mol. The van der Waals surface area contributed by atoms with E-state index in [2.05, 4.69) is 5.32 Å². The summed E-state index contributed by atoms with van der Waals surface area (Å²) in [6.45, 7) is 2.09. The number of anilines is 1. The van der Waals surface area contributed by atoms with Crippen LogP contribution in [0.25, 0.3) is 0 Å². The van der Waals surface area contributed by atoms with Crippen molar-refractivity contribution in [2.24, 2.45) is 0 Å². The maximum Gasteiger partial charge on any atom is 0.341 e. The largest absolute Gasteiger partial charge is 0.462 e. The molecule has 4 nitrogen and oxygen atoms in total. The maximum absolute atomic E-state index is 12.3. The molecule has 0 fully saturated rings. The number of thiophene rings is 2. The van der Waals surface area contributed by atoms with Gasteiger partial charge in [0.05, 0.1) is 21.4 Å². The maximum atomic E-state index is 12.3. The van der Waals surface area contributed by atoms with Crippen LogP contribution in [0.4, 0.5) is 5.00 Å². The molecule has 0 bridgehead atoms. The van der Waals surface area contributed by atoms with E-state index in [1.165, 1.54) is 27.6 Å². The molecule has 1 aliphatic rings. The fourth-order valence-corrected chi connectivity index (χ4v) is 4.72. The number of aryl methyl sites for hydroxylation is 1. The first-order valence-electron chi connectivity index (χ1n) is 6.98. The van der Waals surface area contributed by atoms with E-state index in [0.717, 1.165) is 24.8 Å². The summed E-state index contributed by atoms with van der Waals surface area (Å²) in [6, 6.07) is 3.36. The van der Waals surface area contributed by atoms with Crippen molar-refractivity contribution < 1.29 is 14.3 Å².